The number of rotatable bonds is 5. The summed E-state index contributed by atoms with van der Waals surface area (Å²) < 4.78 is 0. The van der Waals surface area contributed by atoms with Gasteiger partial charge in [-0.1, -0.05) is 19.9 Å². The second-order valence-corrected chi connectivity index (χ2v) is 6.31. The summed E-state index contributed by atoms with van der Waals surface area (Å²) in [6.45, 7) is 5.75. The molecule has 4 nitrogen and oxygen atoms in total. The van der Waals surface area contributed by atoms with Crippen molar-refractivity contribution in [2.45, 2.75) is 51.3 Å². The quantitative estimate of drug-likeness (QED) is 0.679. The number of carboxylic acid groups (broad SMARTS) is 1. The SMILES string of the molecule is CC(=O)N[C@@H](CC(C)C)[C@@H]1CC=C(C(=O)O)C[C@@H]1S. The van der Waals surface area contributed by atoms with Crippen LogP contribution in [0, 0.1) is 11.8 Å². The minimum atomic E-state index is -0.863. The van der Waals surface area contributed by atoms with Gasteiger partial charge in [-0.05, 0) is 31.1 Å². The van der Waals surface area contributed by atoms with Crippen LogP contribution in [0.1, 0.15) is 40.0 Å². The van der Waals surface area contributed by atoms with E-state index in [0.717, 1.165) is 6.42 Å². The van der Waals surface area contributed by atoms with Gasteiger partial charge in [-0.2, -0.15) is 12.6 Å². The number of aliphatic carboxylic acids is 1. The van der Waals surface area contributed by atoms with E-state index in [-0.39, 0.29) is 23.1 Å². The van der Waals surface area contributed by atoms with E-state index in [4.69, 9.17) is 5.11 Å². The number of hydrogen-bond acceptors (Lipinski definition) is 3. The molecule has 3 atom stereocenters. The Labute approximate surface area is 120 Å². The molecule has 1 aliphatic carbocycles. The third-order valence-electron chi connectivity index (χ3n) is 3.47. The summed E-state index contributed by atoms with van der Waals surface area (Å²) in [6, 6.07) is 0.0617. The van der Waals surface area contributed by atoms with Crippen molar-refractivity contribution in [3.05, 3.63) is 11.6 Å². The minimum Gasteiger partial charge on any atom is -0.478 e. The van der Waals surface area contributed by atoms with Crippen LogP contribution in [0.5, 0.6) is 0 Å². The predicted molar refractivity (Wildman–Crippen MR) is 78.3 cm³/mol. The van der Waals surface area contributed by atoms with Gasteiger partial charge < -0.3 is 10.4 Å². The van der Waals surface area contributed by atoms with Gasteiger partial charge in [0.2, 0.25) is 5.91 Å². The minimum absolute atomic E-state index is 0.0216. The van der Waals surface area contributed by atoms with Crippen molar-refractivity contribution in [3.63, 3.8) is 0 Å². The number of carboxylic acids is 1. The van der Waals surface area contributed by atoms with Gasteiger partial charge in [0, 0.05) is 23.8 Å². The van der Waals surface area contributed by atoms with Crippen molar-refractivity contribution in [3.8, 4) is 0 Å². The largest absolute Gasteiger partial charge is 0.478 e. The first-order chi connectivity index (χ1) is 8.81. The van der Waals surface area contributed by atoms with Gasteiger partial charge in [-0.25, -0.2) is 4.79 Å². The van der Waals surface area contributed by atoms with E-state index >= 15 is 0 Å². The topological polar surface area (TPSA) is 66.4 Å². The zero-order chi connectivity index (χ0) is 14.6. The molecule has 0 unspecified atom stereocenters. The average molecular weight is 285 g/mol. The maximum atomic E-state index is 11.3. The molecule has 0 radical (unpaired) electrons. The van der Waals surface area contributed by atoms with E-state index in [1.54, 1.807) is 6.08 Å². The first-order valence-corrected chi connectivity index (χ1v) is 7.20. The van der Waals surface area contributed by atoms with Crippen molar-refractivity contribution < 1.29 is 14.7 Å². The highest BCUT2D eigenvalue weighted by Gasteiger charge is 2.32. The first kappa shape index (κ1) is 16.1. The predicted octanol–water partition coefficient (Wildman–Crippen LogP) is 2.26. The summed E-state index contributed by atoms with van der Waals surface area (Å²) >= 11 is 4.54. The lowest BCUT2D eigenvalue weighted by atomic mass is 9.81. The smallest absolute Gasteiger partial charge is 0.331 e. The van der Waals surface area contributed by atoms with E-state index in [2.05, 4.69) is 31.8 Å². The van der Waals surface area contributed by atoms with Crippen LogP contribution in [0.25, 0.3) is 0 Å². The van der Waals surface area contributed by atoms with E-state index in [1.807, 2.05) is 0 Å². The lowest BCUT2D eigenvalue weighted by Gasteiger charge is -2.35. The second kappa shape index (κ2) is 6.98. The number of amides is 1. The molecule has 2 N–H and O–H groups in total. The summed E-state index contributed by atoms with van der Waals surface area (Å²) in [5, 5.41) is 12.0. The fraction of sp³-hybridized carbons (Fsp3) is 0.714. The fourth-order valence-corrected chi connectivity index (χ4v) is 3.14. The average Bonchev–Trinajstić information content (AvgIpc) is 2.26. The molecule has 1 rings (SSSR count). The van der Waals surface area contributed by atoms with Gasteiger partial charge in [0.15, 0.2) is 0 Å². The molecular weight excluding hydrogens is 262 g/mol. The fourth-order valence-electron chi connectivity index (χ4n) is 2.61. The molecule has 108 valence electrons. The number of hydrogen-bond donors (Lipinski definition) is 3. The number of allylic oxidation sites excluding steroid dienone is 1. The Kier molecular flexibility index (Phi) is 5.91. The third kappa shape index (κ3) is 4.90. The van der Waals surface area contributed by atoms with Crippen molar-refractivity contribution in [2.75, 3.05) is 0 Å². The Balaban J connectivity index is 2.79. The number of carbonyl (C=O) groups is 2. The highest BCUT2D eigenvalue weighted by molar-refractivity contribution is 7.81. The van der Waals surface area contributed by atoms with Crippen LogP contribution in [-0.2, 0) is 9.59 Å². The Bertz CT molecular complexity index is 379. The van der Waals surface area contributed by atoms with Gasteiger partial charge >= 0.3 is 5.97 Å². The van der Waals surface area contributed by atoms with Crippen LogP contribution in [-0.4, -0.2) is 28.3 Å². The first-order valence-electron chi connectivity index (χ1n) is 6.68. The summed E-state index contributed by atoms with van der Waals surface area (Å²) in [7, 11) is 0. The Morgan fingerprint density at radius 2 is 2.16 bits per heavy atom. The van der Waals surface area contributed by atoms with E-state index in [1.165, 1.54) is 6.92 Å². The summed E-state index contributed by atoms with van der Waals surface area (Å²) in [4.78, 5) is 22.3. The molecule has 0 saturated heterocycles. The summed E-state index contributed by atoms with van der Waals surface area (Å²) in [5.41, 5.74) is 0.433. The second-order valence-electron chi connectivity index (χ2n) is 5.64. The molecular formula is C14H23NO3S. The molecule has 0 spiro atoms. The Morgan fingerprint density at radius 1 is 1.53 bits per heavy atom. The van der Waals surface area contributed by atoms with Crippen LogP contribution in [0.3, 0.4) is 0 Å². The summed E-state index contributed by atoms with van der Waals surface area (Å²) in [6.07, 6.45) is 3.77. The molecule has 19 heavy (non-hydrogen) atoms. The molecule has 1 aliphatic rings. The maximum absolute atomic E-state index is 11.3. The number of carbonyl (C=O) groups excluding carboxylic acids is 1. The van der Waals surface area contributed by atoms with E-state index < -0.39 is 5.97 Å². The van der Waals surface area contributed by atoms with Gasteiger partial charge in [-0.3, -0.25) is 4.79 Å². The molecule has 0 bridgehead atoms. The van der Waals surface area contributed by atoms with Gasteiger partial charge in [0.25, 0.3) is 0 Å². The highest BCUT2D eigenvalue weighted by Crippen LogP contribution is 2.32. The lowest BCUT2D eigenvalue weighted by molar-refractivity contribution is -0.133. The van der Waals surface area contributed by atoms with E-state index in [9.17, 15) is 9.59 Å². The van der Waals surface area contributed by atoms with Gasteiger partial charge in [0.05, 0.1) is 0 Å². The van der Waals surface area contributed by atoms with E-state index in [0.29, 0.717) is 24.3 Å². The highest BCUT2D eigenvalue weighted by atomic mass is 32.1. The lowest BCUT2D eigenvalue weighted by Crippen LogP contribution is -2.44. The zero-order valence-corrected chi connectivity index (χ0v) is 12.6. The van der Waals surface area contributed by atoms with Crippen LogP contribution >= 0.6 is 12.6 Å². The molecule has 0 heterocycles. The number of nitrogens with one attached hydrogen (secondary N) is 1. The third-order valence-corrected chi connectivity index (χ3v) is 4.03. The number of thiol groups is 1. The molecule has 0 aromatic carbocycles. The maximum Gasteiger partial charge on any atom is 0.331 e. The van der Waals surface area contributed by atoms with Gasteiger partial charge in [-0.15, -0.1) is 0 Å². The van der Waals surface area contributed by atoms with Crippen molar-refractivity contribution >= 4 is 24.5 Å². The standard InChI is InChI=1S/C14H23NO3S/c1-8(2)6-12(15-9(3)16)11-5-4-10(14(17)18)7-13(11)19/h4,8,11-13,19H,5-7H2,1-3H3,(H,15,16)(H,17,18)/t11-,12-,13-/m0/s1. The normalized spacial score (nSPS) is 24.8. The van der Waals surface area contributed by atoms with Crippen LogP contribution in [0.15, 0.2) is 11.6 Å². The zero-order valence-electron chi connectivity index (χ0n) is 11.7. The molecule has 0 fully saturated rings. The van der Waals surface area contributed by atoms with Crippen molar-refractivity contribution in [2.24, 2.45) is 11.8 Å². The molecule has 1 amide bonds. The molecule has 0 aromatic rings. The summed E-state index contributed by atoms with van der Waals surface area (Å²) in [5.74, 6) is -0.239. The Morgan fingerprint density at radius 3 is 2.58 bits per heavy atom. The molecule has 0 saturated carbocycles. The van der Waals surface area contributed by atoms with Crippen LogP contribution in [0.4, 0.5) is 0 Å². The Hall–Kier alpha value is -0.970. The van der Waals surface area contributed by atoms with Gasteiger partial charge in [0.1, 0.15) is 0 Å². The van der Waals surface area contributed by atoms with Crippen LogP contribution in [0.2, 0.25) is 0 Å². The van der Waals surface area contributed by atoms with Crippen LogP contribution < -0.4 is 5.32 Å². The molecule has 5 heteroatoms. The molecule has 0 aromatic heterocycles. The van der Waals surface area contributed by atoms with Crippen molar-refractivity contribution in [1.82, 2.24) is 5.32 Å². The molecule has 0 aliphatic heterocycles. The monoisotopic (exact) mass is 285 g/mol. The van der Waals surface area contributed by atoms with Crippen molar-refractivity contribution in [1.29, 1.82) is 0 Å².